The number of halogens is 2. The Labute approximate surface area is 52.7 Å². The van der Waals surface area contributed by atoms with Gasteiger partial charge in [-0.3, -0.25) is 0 Å². The zero-order valence-electron chi connectivity index (χ0n) is 5.27. The van der Waals surface area contributed by atoms with Crippen LogP contribution in [0.15, 0.2) is 0 Å². The minimum absolute atomic E-state index is 0.0521. The number of hydrogen-bond acceptors (Lipinski definition) is 2. The summed E-state index contributed by atoms with van der Waals surface area (Å²) in [6.07, 6.45) is -1.65. The van der Waals surface area contributed by atoms with Gasteiger partial charge in [-0.05, 0) is 13.0 Å². The highest BCUT2D eigenvalue weighted by Gasteiger charge is 2.31. The summed E-state index contributed by atoms with van der Waals surface area (Å²) in [6, 6.07) is 0. The molecule has 0 spiro atoms. The Morgan fingerprint density at radius 3 is 2.22 bits per heavy atom. The molecule has 0 fully saturated rings. The van der Waals surface area contributed by atoms with E-state index in [0.29, 0.717) is 6.92 Å². The van der Waals surface area contributed by atoms with E-state index in [0.717, 1.165) is 0 Å². The minimum Gasteiger partial charge on any atom is -0.387 e. The van der Waals surface area contributed by atoms with E-state index in [1.165, 1.54) is 0 Å². The van der Waals surface area contributed by atoms with Gasteiger partial charge in [-0.25, -0.2) is 8.78 Å². The van der Waals surface area contributed by atoms with Gasteiger partial charge >= 0.3 is 0 Å². The second-order valence-electron chi connectivity index (χ2n) is 2.05. The van der Waals surface area contributed by atoms with E-state index < -0.39 is 12.0 Å². The van der Waals surface area contributed by atoms with Gasteiger partial charge in [0.05, 0.1) is 0 Å². The summed E-state index contributed by atoms with van der Waals surface area (Å²) in [5.41, 5.74) is 4.93. The van der Waals surface area contributed by atoms with E-state index >= 15 is 0 Å². The molecule has 0 bridgehead atoms. The average Bonchev–Trinajstić information content (AvgIpc) is 1.64. The maximum Gasteiger partial charge on any atom is 0.270 e. The molecule has 0 rings (SSSR count). The summed E-state index contributed by atoms with van der Waals surface area (Å²) >= 11 is 0. The van der Waals surface area contributed by atoms with Gasteiger partial charge in [0.25, 0.3) is 5.92 Å². The molecule has 0 aromatic rings. The van der Waals surface area contributed by atoms with Gasteiger partial charge in [-0.2, -0.15) is 0 Å². The Morgan fingerprint density at radius 1 is 1.67 bits per heavy atom. The summed E-state index contributed by atoms with van der Waals surface area (Å²) in [5, 5.41) is 8.56. The van der Waals surface area contributed by atoms with E-state index in [-0.39, 0.29) is 13.0 Å². The van der Waals surface area contributed by atoms with Crippen LogP contribution in [0.5, 0.6) is 0 Å². The average molecular weight is 139 g/mol. The van der Waals surface area contributed by atoms with Crippen molar-refractivity contribution in [1.29, 1.82) is 0 Å². The van der Waals surface area contributed by atoms with E-state index in [1.807, 2.05) is 0 Å². The van der Waals surface area contributed by atoms with Crippen molar-refractivity contribution in [3.8, 4) is 0 Å². The molecule has 0 radical (unpaired) electrons. The number of rotatable bonds is 3. The van der Waals surface area contributed by atoms with Crippen molar-refractivity contribution in [2.24, 2.45) is 5.73 Å². The van der Waals surface area contributed by atoms with Crippen LogP contribution in [0.25, 0.3) is 0 Å². The summed E-state index contributed by atoms with van der Waals surface area (Å²) in [5.74, 6) is -3.01. The van der Waals surface area contributed by atoms with Crippen LogP contribution in [-0.4, -0.2) is 23.7 Å². The van der Waals surface area contributed by atoms with E-state index in [1.54, 1.807) is 0 Å². The van der Waals surface area contributed by atoms with E-state index in [4.69, 9.17) is 10.8 Å². The quantitative estimate of drug-likeness (QED) is 0.592. The molecule has 0 aliphatic heterocycles. The number of nitrogens with two attached hydrogens (primary N) is 1. The molecule has 1 atom stereocenters. The Kier molecular flexibility index (Phi) is 3.00. The van der Waals surface area contributed by atoms with Gasteiger partial charge in [0.1, 0.15) is 6.10 Å². The molecule has 0 heterocycles. The fraction of sp³-hybridized carbons (Fsp3) is 1.00. The molecule has 9 heavy (non-hydrogen) atoms. The van der Waals surface area contributed by atoms with Crippen molar-refractivity contribution in [3.05, 3.63) is 0 Å². The molecule has 1 unspecified atom stereocenters. The monoisotopic (exact) mass is 139 g/mol. The molecule has 3 N–H and O–H groups in total. The lowest BCUT2D eigenvalue weighted by molar-refractivity contribution is -0.0946. The molecule has 0 saturated carbocycles. The van der Waals surface area contributed by atoms with Gasteiger partial charge in [-0.1, -0.05) is 0 Å². The minimum atomic E-state index is -3.01. The second-order valence-corrected chi connectivity index (χ2v) is 2.05. The zero-order valence-corrected chi connectivity index (χ0v) is 5.27. The predicted molar refractivity (Wildman–Crippen MR) is 30.3 cm³/mol. The molecule has 0 amide bonds. The molecule has 0 aliphatic rings. The lowest BCUT2D eigenvalue weighted by Gasteiger charge is -2.16. The van der Waals surface area contributed by atoms with Crippen LogP contribution in [0.2, 0.25) is 0 Å². The smallest absolute Gasteiger partial charge is 0.270 e. The molecule has 56 valence electrons. The molecular formula is C5H11F2NO. The van der Waals surface area contributed by atoms with Crippen LogP contribution in [0.4, 0.5) is 8.78 Å². The zero-order chi connectivity index (χ0) is 7.49. The lowest BCUT2D eigenvalue weighted by atomic mass is 10.1. The summed E-state index contributed by atoms with van der Waals surface area (Å²) in [4.78, 5) is 0. The number of aliphatic hydroxyl groups is 1. The van der Waals surface area contributed by atoms with E-state index in [9.17, 15) is 8.78 Å². The van der Waals surface area contributed by atoms with Gasteiger partial charge in [-0.15, -0.1) is 0 Å². The Hall–Kier alpha value is -0.220. The van der Waals surface area contributed by atoms with Gasteiger partial charge in [0.15, 0.2) is 0 Å². The number of aliphatic hydroxyl groups excluding tert-OH is 1. The highest BCUT2D eigenvalue weighted by Crippen LogP contribution is 2.18. The first kappa shape index (κ1) is 8.78. The fourth-order valence-corrected chi connectivity index (χ4v) is 0.411. The maximum atomic E-state index is 12.0. The second kappa shape index (κ2) is 3.08. The Bertz CT molecular complexity index is 81.5. The third-order valence-corrected chi connectivity index (χ3v) is 1.03. The maximum absolute atomic E-state index is 12.0. The molecule has 0 saturated heterocycles. The van der Waals surface area contributed by atoms with Crippen molar-refractivity contribution in [2.45, 2.75) is 25.4 Å². The van der Waals surface area contributed by atoms with Crippen molar-refractivity contribution in [3.63, 3.8) is 0 Å². The summed E-state index contributed by atoms with van der Waals surface area (Å²) in [7, 11) is 0. The molecule has 4 heteroatoms. The van der Waals surface area contributed by atoms with Crippen LogP contribution < -0.4 is 5.73 Å². The topological polar surface area (TPSA) is 46.2 Å². The fourth-order valence-electron chi connectivity index (χ4n) is 0.411. The van der Waals surface area contributed by atoms with Crippen molar-refractivity contribution >= 4 is 0 Å². The van der Waals surface area contributed by atoms with Crippen molar-refractivity contribution in [2.75, 3.05) is 6.54 Å². The normalized spacial score (nSPS) is 15.7. The van der Waals surface area contributed by atoms with Crippen molar-refractivity contribution in [1.82, 2.24) is 0 Å². The number of hydrogen-bond donors (Lipinski definition) is 2. The highest BCUT2D eigenvalue weighted by atomic mass is 19.3. The van der Waals surface area contributed by atoms with Crippen LogP contribution >= 0.6 is 0 Å². The van der Waals surface area contributed by atoms with E-state index in [2.05, 4.69) is 0 Å². The van der Waals surface area contributed by atoms with Gasteiger partial charge in [0, 0.05) is 6.92 Å². The lowest BCUT2D eigenvalue weighted by Crippen LogP contribution is -2.31. The predicted octanol–water partition coefficient (Wildman–Crippen LogP) is 0.351. The molecule has 0 aromatic heterocycles. The third-order valence-electron chi connectivity index (χ3n) is 1.03. The first-order chi connectivity index (χ1) is 3.98. The van der Waals surface area contributed by atoms with Crippen LogP contribution in [-0.2, 0) is 0 Å². The largest absolute Gasteiger partial charge is 0.387 e. The molecule has 0 aromatic carbocycles. The summed E-state index contributed by atoms with van der Waals surface area (Å²) in [6.45, 7) is 0.762. The Balaban J connectivity index is 3.59. The van der Waals surface area contributed by atoms with Gasteiger partial charge in [0.2, 0.25) is 0 Å². The third kappa shape index (κ3) is 3.37. The molecule has 0 aliphatic carbocycles. The summed E-state index contributed by atoms with van der Waals surface area (Å²) < 4.78 is 24.0. The SMILES string of the molecule is CC(F)(F)C(O)CCN. The van der Waals surface area contributed by atoms with Crippen molar-refractivity contribution < 1.29 is 13.9 Å². The molecule has 2 nitrogen and oxygen atoms in total. The number of alkyl halides is 2. The van der Waals surface area contributed by atoms with Gasteiger partial charge < -0.3 is 10.8 Å². The van der Waals surface area contributed by atoms with Crippen LogP contribution in [0.3, 0.4) is 0 Å². The molecular weight excluding hydrogens is 128 g/mol. The van der Waals surface area contributed by atoms with Crippen LogP contribution in [0, 0.1) is 0 Å². The first-order valence-electron chi connectivity index (χ1n) is 2.74. The standard InChI is InChI=1S/C5H11F2NO/c1-5(6,7)4(9)2-3-8/h4,9H,2-3,8H2,1H3. The first-order valence-corrected chi connectivity index (χ1v) is 2.74. The van der Waals surface area contributed by atoms with Crippen LogP contribution in [0.1, 0.15) is 13.3 Å². The highest BCUT2D eigenvalue weighted by molar-refractivity contribution is 4.70. The Morgan fingerprint density at radius 2 is 2.11 bits per heavy atom.